The van der Waals surface area contributed by atoms with E-state index in [4.69, 9.17) is 4.52 Å². The first-order chi connectivity index (χ1) is 22.8. The molecule has 3 N–H and O–H groups in total. The third kappa shape index (κ3) is 7.83. The maximum Gasteiger partial charge on any atom is 0.256 e. The van der Waals surface area contributed by atoms with Crippen molar-refractivity contribution in [3.63, 3.8) is 0 Å². The second-order valence-corrected chi connectivity index (χ2v) is 14.5. The summed E-state index contributed by atoms with van der Waals surface area (Å²) in [5.41, 5.74) is 5.31. The topological polar surface area (TPSA) is 154 Å². The zero-order valence-corrected chi connectivity index (χ0v) is 28.3. The van der Waals surface area contributed by atoms with E-state index in [9.17, 15) is 22.8 Å². The van der Waals surface area contributed by atoms with Crippen molar-refractivity contribution < 1.29 is 27.3 Å². The van der Waals surface area contributed by atoms with Crippen LogP contribution in [0.5, 0.6) is 0 Å². The minimum atomic E-state index is -4.00. The second kappa shape index (κ2) is 14.3. The molecule has 0 fully saturated rings. The van der Waals surface area contributed by atoms with Gasteiger partial charge in [-0.25, -0.2) is 8.42 Å². The van der Waals surface area contributed by atoms with E-state index in [1.807, 2.05) is 68.4 Å². The molecule has 5 rings (SSSR count). The van der Waals surface area contributed by atoms with Crippen LogP contribution in [0.4, 0.5) is 0 Å². The first-order valence-electron chi connectivity index (χ1n) is 15.6. The van der Waals surface area contributed by atoms with Gasteiger partial charge in [0.1, 0.15) is 12.1 Å². The van der Waals surface area contributed by atoms with Crippen LogP contribution in [0.25, 0.3) is 22.2 Å². The number of carbonyl (C=O) groups excluding carboxylic acids is 3. The zero-order chi connectivity index (χ0) is 34.6. The van der Waals surface area contributed by atoms with Gasteiger partial charge in [0.05, 0.1) is 11.4 Å². The number of aromatic nitrogens is 2. The summed E-state index contributed by atoms with van der Waals surface area (Å²) in [5, 5.41) is 6.51. The molecule has 0 unspecified atom stereocenters. The van der Waals surface area contributed by atoms with Crippen molar-refractivity contribution in [1.82, 2.24) is 25.1 Å². The Morgan fingerprint density at radius 3 is 2.25 bits per heavy atom. The predicted octanol–water partition coefficient (Wildman–Crippen LogP) is 4.70. The van der Waals surface area contributed by atoms with E-state index in [2.05, 4.69) is 20.2 Å². The molecule has 2 heterocycles. The SMILES string of the molecule is Cc1cc(C)cc(C(=O)N(C)[C@H](Cc2ccc(-c3ccno3)cc2)C(=O)N[C@@H](Cc2c[nH]c3ccccc23)C(=O)NS(=O)(=O)C(C)C)c1. The molecular formula is C36H39N5O6S. The molecule has 2 atom stereocenters. The van der Waals surface area contributed by atoms with Crippen molar-refractivity contribution in [3.05, 3.63) is 113 Å². The van der Waals surface area contributed by atoms with Crippen LogP contribution in [0.2, 0.25) is 0 Å². The van der Waals surface area contributed by atoms with Gasteiger partial charge in [0, 0.05) is 54.2 Å². The van der Waals surface area contributed by atoms with Crippen LogP contribution < -0.4 is 10.0 Å². The number of H-pyrrole nitrogens is 1. The third-order valence-corrected chi connectivity index (χ3v) is 9.99. The van der Waals surface area contributed by atoms with E-state index >= 15 is 0 Å². The fourth-order valence-corrected chi connectivity index (χ4v) is 6.23. The highest BCUT2D eigenvalue weighted by molar-refractivity contribution is 7.90. The van der Waals surface area contributed by atoms with Gasteiger partial charge in [0.25, 0.3) is 11.8 Å². The number of likely N-dealkylation sites (N-methyl/N-ethyl adjacent to an activating group) is 1. The smallest absolute Gasteiger partial charge is 0.256 e. The summed E-state index contributed by atoms with van der Waals surface area (Å²) in [6, 6.07) is 19.7. The van der Waals surface area contributed by atoms with Gasteiger partial charge >= 0.3 is 0 Å². The molecule has 0 radical (unpaired) electrons. The molecule has 12 heteroatoms. The average Bonchev–Trinajstić information content (AvgIpc) is 3.73. The fourth-order valence-electron chi connectivity index (χ4n) is 5.57. The summed E-state index contributed by atoms with van der Waals surface area (Å²) < 4.78 is 32.8. The molecule has 0 aliphatic heterocycles. The molecule has 0 saturated carbocycles. The van der Waals surface area contributed by atoms with Gasteiger partial charge in [-0.05, 0) is 57.0 Å². The van der Waals surface area contributed by atoms with E-state index in [1.165, 1.54) is 18.7 Å². The van der Waals surface area contributed by atoms with E-state index in [1.54, 1.807) is 37.6 Å². The Balaban J connectivity index is 1.48. The van der Waals surface area contributed by atoms with E-state index in [0.29, 0.717) is 16.9 Å². The Kier molecular flexibility index (Phi) is 10.1. The Bertz CT molecular complexity index is 2010. The van der Waals surface area contributed by atoms with Crippen molar-refractivity contribution in [2.24, 2.45) is 0 Å². The zero-order valence-electron chi connectivity index (χ0n) is 27.5. The van der Waals surface area contributed by atoms with Gasteiger partial charge in [-0.15, -0.1) is 0 Å². The Hall–Kier alpha value is -5.23. The van der Waals surface area contributed by atoms with Crippen LogP contribution in [-0.4, -0.2) is 65.6 Å². The lowest BCUT2D eigenvalue weighted by molar-refractivity contribution is -0.130. The molecule has 0 saturated heterocycles. The highest BCUT2D eigenvalue weighted by Crippen LogP contribution is 2.22. The monoisotopic (exact) mass is 669 g/mol. The van der Waals surface area contributed by atoms with Crippen LogP contribution in [0, 0.1) is 13.8 Å². The number of benzene rings is 3. The quantitative estimate of drug-likeness (QED) is 0.174. The Labute approximate surface area is 279 Å². The van der Waals surface area contributed by atoms with Crippen molar-refractivity contribution in [2.45, 2.75) is 57.9 Å². The minimum absolute atomic E-state index is 0.00252. The Morgan fingerprint density at radius 1 is 0.917 bits per heavy atom. The van der Waals surface area contributed by atoms with E-state index in [-0.39, 0.29) is 18.7 Å². The van der Waals surface area contributed by atoms with Gasteiger partial charge in [0.15, 0.2) is 5.76 Å². The summed E-state index contributed by atoms with van der Waals surface area (Å²) in [4.78, 5) is 46.2. The number of sulfonamides is 1. The number of aryl methyl sites for hydroxylation is 2. The van der Waals surface area contributed by atoms with E-state index in [0.717, 1.165) is 33.2 Å². The fraction of sp³-hybridized carbons (Fsp3) is 0.278. The number of nitrogens with one attached hydrogen (secondary N) is 3. The minimum Gasteiger partial charge on any atom is -0.361 e. The average molecular weight is 670 g/mol. The predicted molar refractivity (Wildman–Crippen MR) is 184 cm³/mol. The summed E-state index contributed by atoms with van der Waals surface area (Å²) in [7, 11) is -2.45. The number of nitrogens with zero attached hydrogens (tertiary/aromatic N) is 2. The number of fused-ring (bicyclic) bond motifs is 1. The maximum absolute atomic E-state index is 14.3. The molecule has 0 aliphatic rings. The summed E-state index contributed by atoms with van der Waals surface area (Å²) >= 11 is 0. The van der Waals surface area contributed by atoms with E-state index < -0.39 is 39.2 Å². The largest absolute Gasteiger partial charge is 0.361 e. The Morgan fingerprint density at radius 2 is 1.60 bits per heavy atom. The molecule has 48 heavy (non-hydrogen) atoms. The molecule has 0 spiro atoms. The van der Waals surface area contributed by atoms with Crippen molar-refractivity contribution >= 4 is 38.6 Å². The van der Waals surface area contributed by atoms with Crippen molar-refractivity contribution in [3.8, 4) is 11.3 Å². The van der Waals surface area contributed by atoms with Gasteiger partial charge in [-0.3, -0.25) is 19.1 Å². The highest BCUT2D eigenvalue weighted by Gasteiger charge is 2.33. The van der Waals surface area contributed by atoms with Crippen LogP contribution >= 0.6 is 0 Å². The number of carbonyl (C=O) groups is 3. The molecular weight excluding hydrogens is 630 g/mol. The second-order valence-electron chi connectivity index (χ2n) is 12.3. The first-order valence-corrected chi connectivity index (χ1v) is 17.1. The van der Waals surface area contributed by atoms with Gasteiger partial charge < -0.3 is 19.7 Å². The van der Waals surface area contributed by atoms with Crippen LogP contribution in [0.3, 0.4) is 0 Å². The first kappa shape index (κ1) is 34.1. The molecule has 5 aromatic rings. The van der Waals surface area contributed by atoms with Crippen LogP contribution in [0.15, 0.2) is 89.7 Å². The third-order valence-electron chi connectivity index (χ3n) is 8.26. The lowest BCUT2D eigenvalue weighted by Gasteiger charge is -2.30. The molecule has 0 aliphatic carbocycles. The summed E-state index contributed by atoms with van der Waals surface area (Å²) in [6.07, 6.45) is 3.40. The van der Waals surface area contributed by atoms with Crippen molar-refractivity contribution in [1.29, 1.82) is 0 Å². The molecule has 2 aromatic heterocycles. The van der Waals surface area contributed by atoms with Crippen LogP contribution in [-0.2, 0) is 32.5 Å². The normalized spacial score (nSPS) is 12.9. The maximum atomic E-state index is 14.3. The van der Waals surface area contributed by atoms with Gasteiger partial charge in [0.2, 0.25) is 15.9 Å². The molecule has 250 valence electrons. The van der Waals surface area contributed by atoms with Gasteiger partial charge in [-0.2, -0.15) is 0 Å². The number of para-hydroxylation sites is 1. The highest BCUT2D eigenvalue weighted by atomic mass is 32.2. The molecule has 0 bridgehead atoms. The molecule has 3 amide bonds. The standard InChI is InChI=1S/C36H39N5O6S/c1-22(2)48(45,46)40-34(42)31(20-28-21-37-30-9-7-6-8-29(28)30)39-35(43)32(41(5)36(44)27-17-23(3)16-24(4)18-27)19-25-10-12-26(13-11-25)33-14-15-38-47-33/h6-18,21-22,31-32,37H,19-20H2,1-5H3,(H,39,43)(H,40,42)/t31-,32+/m0/s1. The van der Waals surface area contributed by atoms with Crippen molar-refractivity contribution in [2.75, 3.05) is 7.05 Å². The summed E-state index contributed by atoms with van der Waals surface area (Å²) in [6.45, 7) is 6.70. The summed E-state index contributed by atoms with van der Waals surface area (Å²) in [5.74, 6) is -1.28. The number of amides is 3. The number of hydrogen-bond acceptors (Lipinski definition) is 7. The lowest BCUT2D eigenvalue weighted by Crippen LogP contribution is -2.56. The number of hydrogen-bond donors (Lipinski definition) is 3. The lowest BCUT2D eigenvalue weighted by atomic mass is 9.99. The molecule has 3 aromatic carbocycles. The van der Waals surface area contributed by atoms with Gasteiger partial charge in [-0.1, -0.05) is 64.8 Å². The molecule has 11 nitrogen and oxygen atoms in total. The number of aromatic amines is 1. The number of rotatable bonds is 12. The van der Waals surface area contributed by atoms with Crippen LogP contribution in [0.1, 0.15) is 46.5 Å².